The third-order valence-electron chi connectivity index (χ3n) is 4.74. The van der Waals surface area contributed by atoms with Crippen molar-refractivity contribution >= 4 is 5.91 Å². The summed E-state index contributed by atoms with van der Waals surface area (Å²) in [5, 5.41) is 3.25. The van der Waals surface area contributed by atoms with Crippen LogP contribution in [0.4, 0.5) is 0 Å². The second kappa shape index (κ2) is 7.22. The highest BCUT2D eigenvalue weighted by atomic mass is 16.2. The zero-order valence-corrected chi connectivity index (χ0v) is 13.4. The van der Waals surface area contributed by atoms with Crippen LogP contribution in [0, 0.1) is 0 Å². The van der Waals surface area contributed by atoms with E-state index in [0.717, 1.165) is 45.8 Å². The molecule has 2 saturated heterocycles. The quantitative estimate of drug-likeness (QED) is 0.845. The maximum Gasteiger partial charge on any atom is 0.236 e. The predicted octanol–water partition coefficient (Wildman–Crippen LogP) is 0.234. The molecule has 0 aromatic heterocycles. The lowest BCUT2D eigenvalue weighted by Crippen LogP contribution is -2.58. The smallest absolute Gasteiger partial charge is 0.236 e. The van der Waals surface area contributed by atoms with Gasteiger partial charge in [-0.1, -0.05) is 30.3 Å². The van der Waals surface area contributed by atoms with Crippen LogP contribution in [0.15, 0.2) is 30.3 Å². The van der Waals surface area contributed by atoms with Gasteiger partial charge in [0.1, 0.15) is 0 Å². The molecule has 2 aliphatic heterocycles. The summed E-state index contributed by atoms with van der Waals surface area (Å²) < 4.78 is 0. The molecule has 0 aliphatic carbocycles. The minimum Gasteiger partial charge on any atom is -0.339 e. The van der Waals surface area contributed by atoms with Crippen molar-refractivity contribution in [2.45, 2.75) is 12.6 Å². The van der Waals surface area contributed by atoms with Gasteiger partial charge in [0.2, 0.25) is 5.91 Å². The van der Waals surface area contributed by atoms with Gasteiger partial charge in [0, 0.05) is 51.9 Å². The molecule has 1 aromatic carbocycles. The number of piperazine rings is 1. The number of hydrogen-bond donors (Lipinski definition) is 1. The normalized spacial score (nSPS) is 20.2. The molecule has 5 heteroatoms. The van der Waals surface area contributed by atoms with Gasteiger partial charge in [0.25, 0.3) is 0 Å². The topological polar surface area (TPSA) is 38.8 Å². The summed E-state index contributed by atoms with van der Waals surface area (Å²) in [4.78, 5) is 19.0. The van der Waals surface area contributed by atoms with E-state index in [4.69, 9.17) is 0 Å². The molecule has 3 rings (SSSR count). The number of carbonyl (C=O) groups is 1. The van der Waals surface area contributed by atoms with E-state index in [1.165, 1.54) is 5.56 Å². The molecule has 22 heavy (non-hydrogen) atoms. The van der Waals surface area contributed by atoms with Gasteiger partial charge in [-0.05, 0) is 12.6 Å². The zero-order valence-electron chi connectivity index (χ0n) is 13.4. The van der Waals surface area contributed by atoms with Gasteiger partial charge in [-0.25, -0.2) is 0 Å². The van der Waals surface area contributed by atoms with Crippen LogP contribution in [0.1, 0.15) is 5.56 Å². The third-order valence-corrected chi connectivity index (χ3v) is 4.74. The van der Waals surface area contributed by atoms with Crippen molar-refractivity contribution in [1.82, 2.24) is 20.0 Å². The molecule has 2 fully saturated rings. The Labute approximate surface area is 132 Å². The number of nitrogens with one attached hydrogen (secondary N) is 1. The van der Waals surface area contributed by atoms with E-state index in [1.54, 1.807) is 0 Å². The monoisotopic (exact) mass is 302 g/mol. The van der Waals surface area contributed by atoms with Gasteiger partial charge in [-0.15, -0.1) is 0 Å². The molecule has 0 unspecified atom stereocenters. The molecule has 5 nitrogen and oxygen atoms in total. The Hall–Kier alpha value is -1.43. The van der Waals surface area contributed by atoms with E-state index in [0.29, 0.717) is 12.6 Å². The summed E-state index contributed by atoms with van der Waals surface area (Å²) in [6.45, 7) is 7.18. The van der Waals surface area contributed by atoms with Gasteiger partial charge in [0.05, 0.1) is 6.54 Å². The second-order valence-corrected chi connectivity index (χ2v) is 6.37. The number of carbonyl (C=O) groups excluding carboxylic acids is 1. The minimum atomic E-state index is 0.272. The molecule has 120 valence electrons. The van der Waals surface area contributed by atoms with Gasteiger partial charge >= 0.3 is 0 Å². The highest BCUT2D eigenvalue weighted by molar-refractivity contribution is 5.78. The van der Waals surface area contributed by atoms with Crippen LogP contribution >= 0.6 is 0 Å². The first-order chi connectivity index (χ1) is 10.7. The van der Waals surface area contributed by atoms with E-state index in [1.807, 2.05) is 11.0 Å². The van der Waals surface area contributed by atoms with Crippen LogP contribution in [0.2, 0.25) is 0 Å². The van der Waals surface area contributed by atoms with E-state index < -0.39 is 0 Å². The molecular formula is C17H26N4O. The molecule has 1 amide bonds. The SMILES string of the molecule is CN(CC(=O)N1CCN(Cc2ccccc2)CC1)C1CNC1. The van der Waals surface area contributed by atoms with Gasteiger partial charge in [-0.2, -0.15) is 0 Å². The molecular weight excluding hydrogens is 276 g/mol. The average molecular weight is 302 g/mol. The molecule has 0 bridgehead atoms. The van der Waals surface area contributed by atoms with Crippen molar-refractivity contribution in [3.8, 4) is 0 Å². The first kappa shape index (κ1) is 15.5. The molecule has 0 saturated carbocycles. The Morgan fingerprint density at radius 2 is 1.86 bits per heavy atom. The Kier molecular flexibility index (Phi) is 5.08. The summed E-state index contributed by atoms with van der Waals surface area (Å²) in [5.74, 6) is 0.272. The maximum absolute atomic E-state index is 12.4. The lowest BCUT2D eigenvalue weighted by molar-refractivity contribution is -0.134. The molecule has 0 radical (unpaired) electrons. The first-order valence-electron chi connectivity index (χ1n) is 8.17. The molecule has 2 heterocycles. The molecule has 1 aromatic rings. The number of likely N-dealkylation sites (N-methyl/N-ethyl adjacent to an activating group) is 1. The fourth-order valence-electron chi connectivity index (χ4n) is 3.02. The molecule has 0 atom stereocenters. The van der Waals surface area contributed by atoms with Crippen molar-refractivity contribution < 1.29 is 4.79 Å². The minimum absolute atomic E-state index is 0.272. The average Bonchev–Trinajstić information content (AvgIpc) is 2.47. The highest BCUT2D eigenvalue weighted by Crippen LogP contribution is 2.09. The molecule has 1 N–H and O–H groups in total. The summed E-state index contributed by atoms with van der Waals surface area (Å²) in [6, 6.07) is 11.1. The van der Waals surface area contributed by atoms with Gasteiger partial charge < -0.3 is 10.2 Å². The fraction of sp³-hybridized carbons (Fsp3) is 0.588. The lowest BCUT2D eigenvalue weighted by atomic mass is 10.1. The van der Waals surface area contributed by atoms with Crippen molar-refractivity contribution in [2.75, 3.05) is 52.9 Å². The Balaban J connectivity index is 1.42. The molecule has 0 spiro atoms. The van der Waals surface area contributed by atoms with Crippen molar-refractivity contribution in [3.63, 3.8) is 0 Å². The van der Waals surface area contributed by atoms with Crippen LogP contribution < -0.4 is 5.32 Å². The first-order valence-corrected chi connectivity index (χ1v) is 8.17. The second-order valence-electron chi connectivity index (χ2n) is 6.37. The van der Waals surface area contributed by atoms with Crippen LogP contribution in [-0.2, 0) is 11.3 Å². The number of benzene rings is 1. The highest BCUT2D eigenvalue weighted by Gasteiger charge is 2.26. The van der Waals surface area contributed by atoms with Crippen LogP contribution in [0.5, 0.6) is 0 Å². The summed E-state index contributed by atoms with van der Waals surface area (Å²) in [6.07, 6.45) is 0. The zero-order chi connectivity index (χ0) is 15.4. The lowest BCUT2D eigenvalue weighted by Gasteiger charge is -2.38. The van der Waals surface area contributed by atoms with Gasteiger partial charge in [0.15, 0.2) is 0 Å². The Bertz CT molecular complexity index is 481. The Morgan fingerprint density at radius 3 is 2.45 bits per heavy atom. The number of rotatable bonds is 5. The largest absolute Gasteiger partial charge is 0.339 e. The third kappa shape index (κ3) is 3.85. The number of nitrogens with zero attached hydrogens (tertiary/aromatic N) is 3. The van der Waals surface area contributed by atoms with Crippen LogP contribution in [0.3, 0.4) is 0 Å². The summed E-state index contributed by atoms with van der Waals surface area (Å²) in [7, 11) is 2.05. The Morgan fingerprint density at radius 1 is 1.18 bits per heavy atom. The van der Waals surface area contributed by atoms with E-state index in [-0.39, 0.29) is 5.91 Å². The van der Waals surface area contributed by atoms with Crippen LogP contribution in [-0.4, -0.2) is 79.5 Å². The van der Waals surface area contributed by atoms with Crippen LogP contribution in [0.25, 0.3) is 0 Å². The fourth-order valence-corrected chi connectivity index (χ4v) is 3.02. The predicted molar refractivity (Wildman–Crippen MR) is 87.6 cm³/mol. The van der Waals surface area contributed by atoms with E-state index >= 15 is 0 Å². The summed E-state index contributed by atoms with van der Waals surface area (Å²) in [5.41, 5.74) is 1.35. The van der Waals surface area contributed by atoms with E-state index in [2.05, 4.69) is 46.4 Å². The van der Waals surface area contributed by atoms with Crippen molar-refractivity contribution in [3.05, 3.63) is 35.9 Å². The van der Waals surface area contributed by atoms with Crippen molar-refractivity contribution in [1.29, 1.82) is 0 Å². The van der Waals surface area contributed by atoms with Gasteiger partial charge in [-0.3, -0.25) is 14.6 Å². The molecule has 2 aliphatic rings. The van der Waals surface area contributed by atoms with Crippen molar-refractivity contribution in [2.24, 2.45) is 0 Å². The summed E-state index contributed by atoms with van der Waals surface area (Å²) >= 11 is 0. The standard InChI is InChI=1S/C17H26N4O/c1-19(16-11-18-12-16)14-17(22)21-9-7-20(8-10-21)13-15-5-3-2-4-6-15/h2-6,16,18H,7-14H2,1H3. The number of amides is 1. The maximum atomic E-state index is 12.4. The number of hydrogen-bond acceptors (Lipinski definition) is 4. The van der Waals surface area contributed by atoms with E-state index in [9.17, 15) is 4.79 Å².